The normalized spacial score (nSPS) is 10.2. The van der Waals surface area contributed by atoms with Crippen molar-refractivity contribution in [3.05, 3.63) is 64.1 Å². The van der Waals surface area contributed by atoms with E-state index in [1.165, 1.54) is 17.0 Å². The largest absolute Gasteiger partial charge is 0.395 e. The van der Waals surface area contributed by atoms with Gasteiger partial charge in [0.05, 0.1) is 6.61 Å². The van der Waals surface area contributed by atoms with Gasteiger partial charge in [-0.15, -0.1) is 0 Å². The van der Waals surface area contributed by atoms with Gasteiger partial charge in [-0.05, 0) is 11.6 Å². The molecule has 6 nitrogen and oxygen atoms in total. The number of hydrogen-bond acceptors (Lipinski definition) is 4. The molecule has 0 saturated carbocycles. The van der Waals surface area contributed by atoms with Crippen LogP contribution in [0.15, 0.2) is 47.3 Å². The minimum atomic E-state index is -0.363. The van der Waals surface area contributed by atoms with Gasteiger partial charge in [0.25, 0.3) is 11.5 Å². The minimum absolute atomic E-state index is 0.137. The van der Waals surface area contributed by atoms with Gasteiger partial charge in [-0.3, -0.25) is 9.59 Å². The van der Waals surface area contributed by atoms with Crippen LogP contribution in [0.4, 0.5) is 0 Å². The van der Waals surface area contributed by atoms with Gasteiger partial charge >= 0.3 is 0 Å². The van der Waals surface area contributed by atoms with E-state index < -0.39 is 0 Å². The first-order valence-corrected chi connectivity index (χ1v) is 6.20. The first-order valence-electron chi connectivity index (χ1n) is 6.20. The van der Waals surface area contributed by atoms with Crippen molar-refractivity contribution >= 4 is 5.91 Å². The van der Waals surface area contributed by atoms with Crippen LogP contribution >= 0.6 is 0 Å². The zero-order valence-electron chi connectivity index (χ0n) is 10.8. The molecule has 6 heteroatoms. The lowest BCUT2D eigenvalue weighted by atomic mass is 10.2. The Kier molecular flexibility index (Phi) is 4.62. The third-order valence-corrected chi connectivity index (χ3v) is 2.77. The van der Waals surface area contributed by atoms with Gasteiger partial charge in [-0.2, -0.15) is 5.10 Å². The molecule has 0 fully saturated rings. The molecule has 0 aliphatic rings. The average molecular weight is 273 g/mol. The number of hydrogen-bond donors (Lipinski definition) is 2. The van der Waals surface area contributed by atoms with E-state index in [1.807, 2.05) is 30.3 Å². The Morgan fingerprint density at radius 1 is 1.20 bits per heavy atom. The molecule has 0 unspecified atom stereocenters. The van der Waals surface area contributed by atoms with E-state index in [1.54, 1.807) is 0 Å². The van der Waals surface area contributed by atoms with Crippen molar-refractivity contribution in [1.82, 2.24) is 15.1 Å². The number of benzene rings is 1. The summed E-state index contributed by atoms with van der Waals surface area (Å²) in [6, 6.07) is 12.1. The van der Waals surface area contributed by atoms with Crippen LogP contribution in [0.3, 0.4) is 0 Å². The van der Waals surface area contributed by atoms with E-state index in [2.05, 4.69) is 10.2 Å². The molecule has 0 bridgehead atoms. The molecule has 20 heavy (non-hydrogen) atoms. The topological polar surface area (TPSA) is 86.3 Å². The number of H-pyrrole nitrogens is 1. The van der Waals surface area contributed by atoms with Crippen molar-refractivity contribution in [2.45, 2.75) is 6.54 Å². The van der Waals surface area contributed by atoms with Crippen LogP contribution in [0.2, 0.25) is 0 Å². The number of nitrogens with one attached hydrogen (secondary N) is 1. The fourth-order valence-electron chi connectivity index (χ4n) is 1.80. The first-order chi connectivity index (χ1) is 9.70. The second-order valence-corrected chi connectivity index (χ2v) is 4.24. The number of aromatic nitrogens is 2. The van der Waals surface area contributed by atoms with E-state index in [0.717, 1.165) is 5.56 Å². The molecule has 0 aliphatic carbocycles. The molecule has 2 N–H and O–H groups in total. The number of nitrogens with zero attached hydrogens (tertiary/aromatic N) is 2. The van der Waals surface area contributed by atoms with E-state index in [0.29, 0.717) is 6.54 Å². The minimum Gasteiger partial charge on any atom is -0.395 e. The summed E-state index contributed by atoms with van der Waals surface area (Å²) in [7, 11) is 0. The molecule has 1 aromatic carbocycles. The lowest BCUT2D eigenvalue weighted by Crippen LogP contribution is -2.34. The zero-order valence-corrected chi connectivity index (χ0v) is 10.8. The molecule has 0 radical (unpaired) electrons. The molecule has 1 aromatic heterocycles. The quantitative estimate of drug-likeness (QED) is 0.826. The fraction of sp³-hybridized carbons (Fsp3) is 0.214. The predicted molar refractivity (Wildman–Crippen MR) is 73.1 cm³/mol. The average Bonchev–Trinajstić information content (AvgIpc) is 2.48. The first kappa shape index (κ1) is 14.0. The molecule has 1 heterocycles. The van der Waals surface area contributed by atoms with Crippen LogP contribution in [0.5, 0.6) is 0 Å². The number of aliphatic hydroxyl groups is 1. The predicted octanol–water partition coefficient (Wildman–Crippen LogP) is 0.405. The van der Waals surface area contributed by atoms with Crippen LogP contribution in [0.25, 0.3) is 0 Å². The Bertz CT molecular complexity index is 605. The summed E-state index contributed by atoms with van der Waals surface area (Å²) in [5.41, 5.74) is 0.742. The fourth-order valence-corrected chi connectivity index (χ4v) is 1.80. The molecule has 0 atom stereocenters. The Morgan fingerprint density at radius 3 is 2.55 bits per heavy atom. The second-order valence-electron chi connectivity index (χ2n) is 4.24. The van der Waals surface area contributed by atoms with Crippen LogP contribution in [-0.4, -0.2) is 39.3 Å². The Morgan fingerprint density at radius 2 is 1.95 bits per heavy atom. The highest BCUT2D eigenvalue weighted by atomic mass is 16.3. The molecular weight excluding hydrogens is 258 g/mol. The third-order valence-electron chi connectivity index (χ3n) is 2.77. The molecule has 0 spiro atoms. The number of carbonyl (C=O) groups is 1. The van der Waals surface area contributed by atoms with Crippen LogP contribution in [0, 0.1) is 0 Å². The summed E-state index contributed by atoms with van der Waals surface area (Å²) < 4.78 is 0. The van der Waals surface area contributed by atoms with Gasteiger partial charge in [-0.25, -0.2) is 5.10 Å². The van der Waals surface area contributed by atoms with Crippen molar-refractivity contribution in [1.29, 1.82) is 0 Å². The number of rotatable bonds is 5. The number of carbonyl (C=O) groups excluding carboxylic acids is 1. The summed E-state index contributed by atoms with van der Waals surface area (Å²) in [5, 5.41) is 15.0. The maximum absolute atomic E-state index is 12.3. The van der Waals surface area contributed by atoms with Crippen molar-refractivity contribution in [2.24, 2.45) is 0 Å². The van der Waals surface area contributed by atoms with Crippen molar-refractivity contribution < 1.29 is 9.90 Å². The molecular formula is C14H15N3O3. The van der Waals surface area contributed by atoms with E-state index >= 15 is 0 Å². The van der Waals surface area contributed by atoms with E-state index in [4.69, 9.17) is 5.11 Å². The summed E-state index contributed by atoms with van der Waals surface area (Å²) in [6.07, 6.45) is 0. The number of amides is 1. The highest BCUT2D eigenvalue weighted by Gasteiger charge is 2.17. The Hall–Kier alpha value is -2.47. The molecule has 104 valence electrons. The Balaban J connectivity index is 2.17. The SMILES string of the molecule is O=C(c1ccc(=O)[nH]n1)N(CCO)Cc1ccccc1. The molecule has 2 aromatic rings. The van der Waals surface area contributed by atoms with Crippen molar-refractivity contribution in [3.8, 4) is 0 Å². The van der Waals surface area contributed by atoms with Crippen LogP contribution in [0.1, 0.15) is 16.1 Å². The van der Waals surface area contributed by atoms with Crippen LogP contribution < -0.4 is 5.56 Å². The van der Waals surface area contributed by atoms with Gasteiger partial charge in [0.2, 0.25) is 0 Å². The lowest BCUT2D eigenvalue weighted by molar-refractivity contribution is 0.0700. The van der Waals surface area contributed by atoms with E-state index in [9.17, 15) is 9.59 Å². The monoisotopic (exact) mass is 273 g/mol. The highest BCUT2D eigenvalue weighted by molar-refractivity contribution is 5.92. The summed E-state index contributed by atoms with van der Waals surface area (Å²) in [5.74, 6) is -0.334. The van der Waals surface area contributed by atoms with E-state index in [-0.39, 0.29) is 30.3 Å². The second kappa shape index (κ2) is 6.63. The molecule has 2 rings (SSSR count). The third kappa shape index (κ3) is 3.52. The van der Waals surface area contributed by atoms with Gasteiger partial charge in [0.15, 0.2) is 0 Å². The smallest absolute Gasteiger partial charge is 0.274 e. The zero-order chi connectivity index (χ0) is 14.4. The van der Waals surface area contributed by atoms with Crippen LogP contribution in [-0.2, 0) is 6.54 Å². The lowest BCUT2D eigenvalue weighted by Gasteiger charge is -2.21. The van der Waals surface area contributed by atoms with Crippen molar-refractivity contribution in [3.63, 3.8) is 0 Å². The molecule has 0 aliphatic heterocycles. The van der Waals surface area contributed by atoms with Gasteiger partial charge in [0, 0.05) is 19.2 Å². The summed E-state index contributed by atoms with van der Waals surface area (Å²) >= 11 is 0. The summed E-state index contributed by atoms with van der Waals surface area (Å²) in [6.45, 7) is 0.442. The van der Waals surface area contributed by atoms with Crippen molar-refractivity contribution in [2.75, 3.05) is 13.2 Å². The maximum atomic E-state index is 12.3. The molecule has 0 saturated heterocycles. The van der Waals surface area contributed by atoms with Gasteiger partial charge < -0.3 is 10.0 Å². The maximum Gasteiger partial charge on any atom is 0.274 e. The number of aliphatic hydroxyl groups excluding tert-OH is 1. The standard InChI is InChI=1S/C14H15N3O3/c18-9-8-17(10-11-4-2-1-3-5-11)14(20)12-6-7-13(19)16-15-12/h1-7,18H,8-10H2,(H,16,19). The van der Waals surface area contributed by atoms with Gasteiger partial charge in [0.1, 0.15) is 5.69 Å². The Labute approximate surface area is 115 Å². The molecule has 1 amide bonds. The van der Waals surface area contributed by atoms with Gasteiger partial charge in [-0.1, -0.05) is 30.3 Å². The highest BCUT2D eigenvalue weighted by Crippen LogP contribution is 2.07. The summed E-state index contributed by atoms with van der Waals surface area (Å²) in [4.78, 5) is 24.7. The number of aromatic amines is 1.